The van der Waals surface area contributed by atoms with E-state index in [1.54, 1.807) is 11.6 Å². The maximum absolute atomic E-state index is 11.1. The van der Waals surface area contributed by atoms with Gasteiger partial charge in [0.25, 0.3) is 0 Å². The zero-order valence-electron chi connectivity index (χ0n) is 12.8. The monoisotopic (exact) mass is 282 g/mol. The van der Waals surface area contributed by atoms with Crippen LogP contribution >= 0.6 is 0 Å². The van der Waals surface area contributed by atoms with E-state index < -0.39 is 0 Å². The van der Waals surface area contributed by atoms with Gasteiger partial charge in [0.2, 0.25) is 5.82 Å². The third-order valence-corrected chi connectivity index (χ3v) is 3.40. The van der Waals surface area contributed by atoms with Crippen molar-refractivity contribution in [2.45, 2.75) is 65.8 Å². The molecular weight excluding hydrogens is 256 g/mol. The molecule has 6 heteroatoms. The van der Waals surface area contributed by atoms with E-state index in [9.17, 15) is 10.1 Å². The van der Waals surface area contributed by atoms with Gasteiger partial charge >= 0.3 is 5.69 Å². The molecule has 1 aromatic heterocycles. The van der Waals surface area contributed by atoms with Crippen LogP contribution in [0.1, 0.15) is 58.1 Å². The summed E-state index contributed by atoms with van der Waals surface area (Å²) >= 11 is 0. The van der Waals surface area contributed by atoms with Gasteiger partial charge in [0, 0.05) is 13.1 Å². The Balaban J connectivity index is 2.48. The number of nitrogens with zero attached hydrogens (tertiary/aromatic N) is 3. The molecule has 0 aliphatic heterocycles. The first-order valence-electron chi connectivity index (χ1n) is 7.57. The molecule has 114 valence electrons. The minimum Gasteiger partial charge on any atom is -0.365 e. The number of aromatic nitrogens is 2. The third kappa shape index (κ3) is 4.51. The summed E-state index contributed by atoms with van der Waals surface area (Å²) in [7, 11) is 0. The van der Waals surface area contributed by atoms with Crippen LogP contribution in [0, 0.1) is 17.0 Å². The SMILES string of the molecule is CCCCCCCCNc1c([N+](=O)[O-])c(C)nn1CC. The molecule has 1 rings (SSSR count). The number of nitrogens with one attached hydrogen (secondary N) is 1. The van der Waals surface area contributed by atoms with Crippen LogP contribution < -0.4 is 5.32 Å². The van der Waals surface area contributed by atoms with Crippen molar-refractivity contribution < 1.29 is 4.92 Å². The number of rotatable bonds is 10. The highest BCUT2D eigenvalue weighted by Crippen LogP contribution is 2.28. The zero-order chi connectivity index (χ0) is 15.0. The van der Waals surface area contributed by atoms with Crippen LogP contribution in [-0.4, -0.2) is 21.2 Å². The van der Waals surface area contributed by atoms with E-state index in [1.165, 1.54) is 32.1 Å². The summed E-state index contributed by atoms with van der Waals surface area (Å²) < 4.78 is 1.67. The van der Waals surface area contributed by atoms with Crippen molar-refractivity contribution in [3.05, 3.63) is 15.8 Å². The van der Waals surface area contributed by atoms with E-state index in [0.717, 1.165) is 13.0 Å². The van der Waals surface area contributed by atoms with Gasteiger partial charge in [-0.2, -0.15) is 5.10 Å². The number of anilines is 1. The molecule has 0 aliphatic carbocycles. The van der Waals surface area contributed by atoms with Crippen LogP contribution in [0.15, 0.2) is 0 Å². The molecule has 0 saturated carbocycles. The maximum atomic E-state index is 11.1. The van der Waals surface area contributed by atoms with Gasteiger partial charge in [0.15, 0.2) is 0 Å². The first kappa shape index (κ1) is 16.5. The molecule has 0 amide bonds. The molecule has 0 aromatic carbocycles. The molecule has 0 radical (unpaired) electrons. The van der Waals surface area contributed by atoms with Crippen molar-refractivity contribution in [3.8, 4) is 0 Å². The van der Waals surface area contributed by atoms with E-state index in [1.807, 2.05) is 6.92 Å². The van der Waals surface area contributed by atoms with E-state index in [4.69, 9.17) is 0 Å². The highest BCUT2D eigenvalue weighted by molar-refractivity contribution is 5.59. The molecule has 6 nitrogen and oxygen atoms in total. The van der Waals surface area contributed by atoms with Gasteiger partial charge in [-0.1, -0.05) is 39.0 Å². The number of hydrogen-bond acceptors (Lipinski definition) is 4. The second-order valence-electron chi connectivity index (χ2n) is 5.05. The van der Waals surface area contributed by atoms with E-state index >= 15 is 0 Å². The maximum Gasteiger partial charge on any atom is 0.333 e. The van der Waals surface area contributed by atoms with E-state index in [2.05, 4.69) is 17.3 Å². The fourth-order valence-corrected chi connectivity index (χ4v) is 2.31. The molecule has 1 heterocycles. The molecule has 20 heavy (non-hydrogen) atoms. The molecule has 0 saturated heterocycles. The minimum atomic E-state index is -0.349. The lowest BCUT2D eigenvalue weighted by atomic mass is 10.1. The summed E-state index contributed by atoms with van der Waals surface area (Å²) in [6, 6.07) is 0. The Morgan fingerprint density at radius 3 is 2.45 bits per heavy atom. The van der Waals surface area contributed by atoms with Gasteiger partial charge in [-0.15, -0.1) is 0 Å². The predicted octanol–water partition coefficient (Wildman–Crippen LogP) is 3.89. The summed E-state index contributed by atoms with van der Waals surface area (Å²) in [4.78, 5) is 10.7. The predicted molar refractivity (Wildman–Crippen MR) is 81.2 cm³/mol. The van der Waals surface area contributed by atoms with Gasteiger partial charge < -0.3 is 5.32 Å². The summed E-state index contributed by atoms with van der Waals surface area (Å²) in [5.74, 6) is 0.545. The Kier molecular flexibility index (Phi) is 7.04. The van der Waals surface area contributed by atoms with Crippen molar-refractivity contribution in [3.63, 3.8) is 0 Å². The number of unbranched alkanes of at least 4 members (excludes halogenated alkanes) is 5. The number of nitro groups is 1. The van der Waals surface area contributed by atoms with E-state index in [-0.39, 0.29) is 10.6 Å². The molecule has 0 aliphatic rings. The molecule has 0 spiro atoms. The minimum absolute atomic E-state index is 0.109. The van der Waals surface area contributed by atoms with Gasteiger partial charge in [-0.05, 0) is 20.3 Å². The lowest BCUT2D eigenvalue weighted by Crippen LogP contribution is -2.09. The molecular formula is C14H26N4O2. The molecule has 1 N–H and O–H groups in total. The van der Waals surface area contributed by atoms with Crippen LogP contribution in [0.3, 0.4) is 0 Å². The van der Waals surface area contributed by atoms with Crippen molar-refractivity contribution >= 4 is 11.5 Å². The Bertz CT molecular complexity index is 429. The summed E-state index contributed by atoms with van der Waals surface area (Å²) in [6.45, 7) is 7.22. The zero-order valence-corrected chi connectivity index (χ0v) is 12.8. The largest absolute Gasteiger partial charge is 0.365 e. The van der Waals surface area contributed by atoms with Crippen LogP contribution in [0.2, 0.25) is 0 Å². The second kappa shape index (κ2) is 8.55. The molecule has 0 atom stereocenters. The highest BCUT2D eigenvalue weighted by Gasteiger charge is 2.24. The van der Waals surface area contributed by atoms with Crippen LogP contribution in [0.25, 0.3) is 0 Å². The van der Waals surface area contributed by atoms with E-state index in [0.29, 0.717) is 18.1 Å². The highest BCUT2D eigenvalue weighted by atomic mass is 16.6. The van der Waals surface area contributed by atoms with Crippen LogP contribution in [0.4, 0.5) is 11.5 Å². The van der Waals surface area contributed by atoms with Gasteiger partial charge in [0.1, 0.15) is 5.69 Å². The normalized spacial score (nSPS) is 10.8. The smallest absolute Gasteiger partial charge is 0.333 e. The Morgan fingerprint density at radius 1 is 1.20 bits per heavy atom. The molecule has 0 fully saturated rings. The van der Waals surface area contributed by atoms with Crippen LogP contribution in [0.5, 0.6) is 0 Å². The van der Waals surface area contributed by atoms with Crippen LogP contribution in [-0.2, 0) is 6.54 Å². The topological polar surface area (TPSA) is 73.0 Å². The fourth-order valence-electron chi connectivity index (χ4n) is 2.31. The lowest BCUT2D eigenvalue weighted by Gasteiger charge is -2.07. The average molecular weight is 282 g/mol. The first-order valence-corrected chi connectivity index (χ1v) is 7.57. The Labute approximate surface area is 120 Å². The fraction of sp³-hybridized carbons (Fsp3) is 0.786. The Hall–Kier alpha value is -1.59. The first-order chi connectivity index (χ1) is 9.61. The Morgan fingerprint density at radius 2 is 1.85 bits per heavy atom. The third-order valence-electron chi connectivity index (χ3n) is 3.40. The number of hydrogen-bond donors (Lipinski definition) is 1. The molecule has 0 bridgehead atoms. The molecule has 1 aromatic rings. The van der Waals surface area contributed by atoms with Crippen molar-refractivity contribution in [2.75, 3.05) is 11.9 Å². The summed E-state index contributed by atoms with van der Waals surface area (Å²) in [6.07, 6.45) is 7.27. The molecule has 0 unspecified atom stereocenters. The second-order valence-corrected chi connectivity index (χ2v) is 5.05. The van der Waals surface area contributed by atoms with Crippen molar-refractivity contribution in [1.82, 2.24) is 9.78 Å². The van der Waals surface area contributed by atoms with Gasteiger partial charge in [-0.25, -0.2) is 4.68 Å². The average Bonchev–Trinajstić information content (AvgIpc) is 2.74. The van der Waals surface area contributed by atoms with Gasteiger partial charge in [-0.3, -0.25) is 10.1 Å². The van der Waals surface area contributed by atoms with Crippen molar-refractivity contribution in [1.29, 1.82) is 0 Å². The van der Waals surface area contributed by atoms with Crippen molar-refractivity contribution in [2.24, 2.45) is 0 Å². The standard InChI is InChI=1S/C14H26N4O2/c1-4-6-7-8-9-10-11-15-14-13(18(19)20)12(3)16-17(14)5-2/h15H,4-11H2,1-3H3. The number of aryl methyl sites for hydroxylation is 2. The lowest BCUT2D eigenvalue weighted by molar-refractivity contribution is -0.384. The van der Waals surface area contributed by atoms with Gasteiger partial charge in [0.05, 0.1) is 4.92 Å². The quantitative estimate of drug-likeness (QED) is 0.401. The summed E-state index contributed by atoms with van der Waals surface area (Å²) in [5, 5.41) is 18.5. The summed E-state index contributed by atoms with van der Waals surface area (Å²) in [5.41, 5.74) is 0.583.